The van der Waals surface area contributed by atoms with Gasteiger partial charge < -0.3 is 5.32 Å². The lowest BCUT2D eigenvalue weighted by Crippen LogP contribution is -2.38. The lowest BCUT2D eigenvalue weighted by atomic mass is 10.2. The van der Waals surface area contributed by atoms with Crippen molar-refractivity contribution >= 4 is 5.70 Å². The van der Waals surface area contributed by atoms with E-state index in [9.17, 15) is 0 Å². The lowest BCUT2D eigenvalue weighted by Gasteiger charge is -2.10. The second-order valence-electron chi connectivity index (χ2n) is 3.51. The normalized spacial score (nSPS) is 15.6. The molecular weight excluding hydrogens is 172 g/mol. The highest BCUT2D eigenvalue weighted by Crippen LogP contribution is 2.07. The third kappa shape index (κ3) is 1.55. The van der Waals surface area contributed by atoms with Crippen LogP contribution in [0.2, 0.25) is 0 Å². The largest absolute Gasteiger partial charge is 0.380 e. The van der Waals surface area contributed by atoms with E-state index in [1.54, 1.807) is 0 Å². The zero-order valence-corrected chi connectivity index (χ0v) is 8.62. The van der Waals surface area contributed by atoms with Crippen molar-refractivity contribution < 1.29 is 4.57 Å². The molecule has 1 aliphatic heterocycles. The first-order chi connectivity index (χ1) is 6.79. The molecule has 0 saturated carbocycles. The molecular formula is C12H15N2+. The van der Waals surface area contributed by atoms with Crippen LogP contribution in [0.5, 0.6) is 0 Å². The van der Waals surface area contributed by atoms with Crippen LogP contribution in [0.4, 0.5) is 0 Å². The molecule has 1 aromatic heterocycles. The van der Waals surface area contributed by atoms with Gasteiger partial charge in [-0.3, -0.25) is 0 Å². The number of rotatable bonds is 1. The van der Waals surface area contributed by atoms with Crippen LogP contribution in [0, 0.1) is 6.92 Å². The van der Waals surface area contributed by atoms with Gasteiger partial charge in [-0.15, -0.1) is 0 Å². The van der Waals surface area contributed by atoms with Crippen LogP contribution < -0.4 is 9.88 Å². The van der Waals surface area contributed by atoms with E-state index in [-0.39, 0.29) is 0 Å². The molecule has 0 bridgehead atoms. The van der Waals surface area contributed by atoms with Crippen molar-refractivity contribution in [2.24, 2.45) is 0 Å². The molecule has 2 heterocycles. The molecule has 0 spiro atoms. The maximum absolute atomic E-state index is 3.33. The monoisotopic (exact) mass is 187 g/mol. The van der Waals surface area contributed by atoms with Gasteiger partial charge in [-0.1, -0.05) is 12.1 Å². The van der Waals surface area contributed by atoms with Crippen molar-refractivity contribution in [3.63, 3.8) is 0 Å². The van der Waals surface area contributed by atoms with Crippen LogP contribution >= 0.6 is 0 Å². The summed E-state index contributed by atoms with van der Waals surface area (Å²) >= 11 is 0. The number of nitrogens with zero attached hydrogens (tertiary/aromatic N) is 1. The standard InChI is InChI=1S/C12H15N2/c1-10-6-3-4-9-14(10)12-7-5-8-13-11(12)2/h3-7,9,13H,8H2,1-2H3/q+1. The first-order valence-corrected chi connectivity index (χ1v) is 4.88. The summed E-state index contributed by atoms with van der Waals surface area (Å²) < 4.78 is 2.19. The highest BCUT2D eigenvalue weighted by Gasteiger charge is 2.15. The van der Waals surface area contributed by atoms with E-state index in [4.69, 9.17) is 0 Å². The van der Waals surface area contributed by atoms with E-state index in [1.165, 1.54) is 17.1 Å². The Balaban J connectivity index is 2.49. The summed E-state index contributed by atoms with van der Waals surface area (Å²) in [5.41, 5.74) is 3.70. The summed E-state index contributed by atoms with van der Waals surface area (Å²) in [4.78, 5) is 0. The van der Waals surface area contributed by atoms with Crippen molar-refractivity contribution in [1.82, 2.24) is 5.32 Å². The van der Waals surface area contributed by atoms with Gasteiger partial charge in [-0.2, -0.15) is 4.57 Å². The van der Waals surface area contributed by atoms with E-state index >= 15 is 0 Å². The molecule has 0 radical (unpaired) electrons. The molecule has 1 aliphatic rings. The fraction of sp³-hybridized carbons (Fsp3) is 0.250. The van der Waals surface area contributed by atoms with Crippen LogP contribution in [-0.2, 0) is 0 Å². The molecule has 1 aromatic rings. The predicted molar refractivity (Wildman–Crippen MR) is 57.4 cm³/mol. The Labute approximate surface area is 84.6 Å². The van der Waals surface area contributed by atoms with Gasteiger partial charge in [0, 0.05) is 31.7 Å². The van der Waals surface area contributed by atoms with Gasteiger partial charge in [0.1, 0.15) is 0 Å². The maximum atomic E-state index is 3.33. The van der Waals surface area contributed by atoms with Crippen molar-refractivity contribution in [3.05, 3.63) is 47.9 Å². The smallest absolute Gasteiger partial charge is 0.229 e. The van der Waals surface area contributed by atoms with Crippen LogP contribution in [0.15, 0.2) is 42.2 Å². The Morgan fingerprint density at radius 1 is 1.29 bits per heavy atom. The van der Waals surface area contributed by atoms with E-state index in [2.05, 4.69) is 60.3 Å². The minimum atomic E-state index is 0.932. The fourth-order valence-corrected chi connectivity index (χ4v) is 1.66. The number of aryl methyl sites for hydroxylation is 1. The van der Waals surface area contributed by atoms with Crippen LogP contribution in [0.25, 0.3) is 5.70 Å². The number of pyridine rings is 1. The van der Waals surface area contributed by atoms with Crippen molar-refractivity contribution in [1.29, 1.82) is 0 Å². The predicted octanol–water partition coefficient (Wildman–Crippen LogP) is 1.63. The molecule has 2 heteroatoms. The minimum absolute atomic E-state index is 0.932. The average molecular weight is 187 g/mol. The third-order valence-electron chi connectivity index (χ3n) is 2.47. The number of allylic oxidation sites excluding steroid dienone is 3. The van der Waals surface area contributed by atoms with Crippen LogP contribution in [0.3, 0.4) is 0 Å². The van der Waals surface area contributed by atoms with Crippen LogP contribution in [-0.4, -0.2) is 6.54 Å². The Morgan fingerprint density at radius 3 is 2.86 bits per heavy atom. The average Bonchev–Trinajstić information content (AvgIpc) is 2.20. The highest BCUT2D eigenvalue weighted by atomic mass is 15.0. The molecule has 0 aromatic carbocycles. The number of nitrogens with one attached hydrogen (secondary N) is 1. The summed E-state index contributed by atoms with van der Waals surface area (Å²) in [6.07, 6.45) is 6.39. The SMILES string of the molecule is CC1=C([n+]2ccccc2C)C=CCN1. The number of aromatic nitrogens is 1. The van der Waals surface area contributed by atoms with Gasteiger partial charge >= 0.3 is 0 Å². The molecule has 2 rings (SSSR count). The zero-order valence-electron chi connectivity index (χ0n) is 8.62. The highest BCUT2D eigenvalue weighted by molar-refractivity contribution is 5.53. The van der Waals surface area contributed by atoms with Gasteiger partial charge in [0.25, 0.3) is 0 Å². The second-order valence-corrected chi connectivity index (χ2v) is 3.51. The number of hydrogen-bond acceptors (Lipinski definition) is 1. The molecule has 0 atom stereocenters. The van der Waals surface area contributed by atoms with Gasteiger partial charge in [-0.25, -0.2) is 0 Å². The van der Waals surface area contributed by atoms with Gasteiger partial charge in [-0.05, 0) is 6.92 Å². The first-order valence-electron chi connectivity index (χ1n) is 4.88. The Bertz CT molecular complexity index is 403. The Hall–Kier alpha value is -1.57. The first kappa shape index (κ1) is 9.00. The summed E-state index contributed by atoms with van der Waals surface area (Å²) in [6.45, 7) is 5.16. The van der Waals surface area contributed by atoms with Crippen molar-refractivity contribution in [2.75, 3.05) is 6.54 Å². The quantitative estimate of drug-likeness (QED) is 0.661. The molecule has 1 N–H and O–H groups in total. The maximum Gasteiger partial charge on any atom is 0.229 e. The van der Waals surface area contributed by atoms with E-state index in [0.717, 1.165) is 6.54 Å². The summed E-state index contributed by atoms with van der Waals surface area (Å²) in [5, 5.41) is 3.33. The van der Waals surface area contributed by atoms with E-state index < -0.39 is 0 Å². The third-order valence-corrected chi connectivity index (χ3v) is 2.47. The van der Waals surface area contributed by atoms with E-state index in [0.29, 0.717) is 0 Å². The van der Waals surface area contributed by atoms with E-state index in [1.807, 2.05) is 0 Å². The molecule has 0 fully saturated rings. The minimum Gasteiger partial charge on any atom is -0.380 e. The lowest BCUT2D eigenvalue weighted by molar-refractivity contribution is -0.586. The van der Waals surface area contributed by atoms with Crippen molar-refractivity contribution in [2.45, 2.75) is 13.8 Å². The molecule has 14 heavy (non-hydrogen) atoms. The van der Waals surface area contributed by atoms with Crippen LogP contribution in [0.1, 0.15) is 12.6 Å². The zero-order chi connectivity index (χ0) is 9.97. The molecule has 0 aliphatic carbocycles. The topological polar surface area (TPSA) is 15.9 Å². The van der Waals surface area contributed by atoms with Gasteiger partial charge in [0.05, 0.1) is 5.70 Å². The molecule has 2 nitrogen and oxygen atoms in total. The summed E-state index contributed by atoms with van der Waals surface area (Å²) in [5.74, 6) is 0. The Kier molecular flexibility index (Phi) is 2.35. The molecule has 0 amide bonds. The second kappa shape index (κ2) is 3.66. The van der Waals surface area contributed by atoms with Gasteiger partial charge in [0.15, 0.2) is 11.9 Å². The Morgan fingerprint density at radius 2 is 2.14 bits per heavy atom. The molecule has 0 unspecified atom stereocenters. The molecule has 72 valence electrons. The van der Waals surface area contributed by atoms with Crippen molar-refractivity contribution in [3.8, 4) is 0 Å². The van der Waals surface area contributed by atoms with Gasteiger partial charge in [0.2, 0.25) is 5.70 Å². The molecule has 0 saturated heterocycles. The fourth-order valence-electron chi connectivity index (χ4n) is 1.66. The number of dihydropyridines is 1. The summed E-state index contributed by atoms with van der Waals surface area (Å²) in [6, 6.07) is 6.22. The number of hydrogen-bond donors (Lipinski definition) is 1. The summed E-state index contributed by atoms with van der Waals surface area (Å²) in [7, 11) is 0.